The monoisotopic (exact) mass is 396 g/mol. The third-order valence-corrected chi connectivity index (χ3v) is 5.44. The van der Waals surface area contributed by atoms with E-state index in [0.29, 0.717) is 24.3 Å². The number of carbonyl (C=O) groups excluding carboxylic acids is 1. The van der Waals surface area contributed by atoms with Crippen molar-refractivity contribution in [1.82, 2.24) is 19.6 Å². The topological polar surface area (TPSA) is 41.4 Å². The lowest BCUT2D eigenvalue weighted by atomic mass is 9.94. The number of nitrogens with zero attached hydrogens (tertiary/aromatic N) is 4. The molecule has 0 saturated carbocycles. The van der Waals surface area contributed by atoms with Gasteiger partial charge in [-0.3, -0.25) is 4.79 Å². The number of aromatic nitrogens is 2. The Bertz CT molecular complexity index is 1020. The lowest BCUT2D eigenvalue weighted by Crippen LogP contribution is -2.35. The number of amides is 1. The van der Waals surface area contributed by atoms with E-state index in [0.717, 1.165) is 5.56 Å². The molecule has 5 nitrogen and oxygen atoms in total. The van der Waals surface area contributed by atoms with Crippen LogP contribution < -0.4 is 0 Å². The van der Waals surface area contributed by atoms with E-state index in [4.69, 9.17) is 0 Å². The normalized spacial score (nSPS) is 19.1. The zero-order valence-electron chi connectivity index (χ0n) is 16.3. The summed E-state index contributed by atoms with van der Waals surface area (Å²) in [6.45, 7) is 1.11. The molecule has 2 aromatic carbocycles. The van der Waals surface area contributed by atoms with E-state index in [-0.39, 0.29) is 29.5 Å². The van der Waals surface area contributed by atoms with E-state index in [1.165, 1.54) is 35.1 Å². The fraction of sp³-hybridized carbons (Fsp3) is 0.273. The Morgan fingerprint density at radius 2 is 1.83 bits per heavy atom. The zero-order chi connectivity index (χ0) is 20.5. The smallest absolute Gasteiger partial charge is 0.257 e. The SMILES string of the molecule is CN(C)C1CN(C(=O)c2cnn(-c3cccc(F)c3)c2)CC1c1ccc(F)cc1. The summed E-state index contributed by atoms with van der Waals surface area (Å²) < 4.78 is 28.3. The maximum atomic E-state index is 13.5. The van der Waals surface area contributed by atoms with Crippen molar-refractivity contribution in [1.29, 1.82) is 0 Å². The van der Waals surface area contributed by atoms with Crippen LogP contribution in [-0.4, -0.2) is 58.7 Å². The first-order valence-electron chi connectivity index (χ1n) is 9.44. The maximum Gasteiger partial charge on any atom is 0.257 e. The number of likely N-dealkylation sites (tertiary alicyclic amines) is 1. The molecule has 1 aliphatic rings. The first-order chi connectivity index (χ1) is 13.9. The van der Waals surface area contributed by atoms with Gasteiger partial charge in [0.05, 0.1) is 17.4 Å². The molecular formula is C22H22F2N4O. The molecule has 0 N–H and O–H groups in total. The summed E-state index contributed by atoms with van der Waals surface area (Å²) in [5, 5.41) is 4.21. The Balaban J connectivity index is 1.55. The van der Waals surface area contributed by atoms with Crippen LogP contribution in [0, 0.1) is 11.6 Å². The molecule has 1 saturated heterocycles. The molecule has 0 spiro atoms. The van der Waals surface area contributed by atoms with Crippen LogP contribution in [0.4, 0.5) is 8.78 Å². The van der Waals surface area contributed by atoms with Gasteiger partial charge in [0.25, 0.3) is 5.91 Å². The third-order valence-electron chi connectivity index (χ3n) is 5.44. The summed E-state index contributed by atoms with van der Waals surface area (Å²) in [5.74, 6) is -0.663. The summed E-state index contributed by atoms with van der Waals surface area (Å²) in [6.07, 6.45) is 3.12. The number of halogens is 2. The minimum absolute atomic E-state index is 0.0906. The van der Waals surface area contributed by atoms with Gasteiger partial charge in [0, 0.05) is 31.2 Å². The highest BCUT2D eigenvalue weighted by Crippen LogP contribution is 2.31. The fourth-order valence-electron chi connectivity index (χ4n) is 3.89. The number of carbonyl (C=O) groups is 1. The van der Waals surface area contributed by atoms with Crippen LogP contribution in [0.5, 0.6) is 0 Å². The van der Waals surface area contributed by atoms with Crippen LogP contribution in [0.3, 0.4) is 0 Å². The predicted molar refractivity (Wildman–Crippen MR) is 106 cm³/mol. The molecule has 0 aliphatic carbocycles. The Hall–Kier alpha value is -3.06. The van der Waals surface area contributed by atoms with E-state index in [1.807, 2.05) is 14.1 Å². The first-order valence-corrected chi connectivity index (χ1v) is 9.44. The second-order valence-electron chi connectivity index (χ2n) is 7.55. The molecule has 1 aliphatic heterocycles. The highest BCUT2D eigenvalue weighted by molar-refractivity contribution is 5.94. The molecule has 1 fully saturated rings. The number of benzene rings is 2. The molecule has 1 amide bonds. The Kier molecular flexibility index (Phi) is 5.15. The molecule has 3 aromatic rings. The number of rotatable bonds is 4. The van der Waals surface area contributed by atoms with Gasteiger partial charge in [-0.15, -0.1) is 0 Å². The number of hydrogen-bond acceptors (Lipinski definition) is 3. The molecule has 2 atom stereocenters. The minimum Gasteiger partial charge on any atom is -0.336 e. The summed E-state index contributed by atoms with van der Waals surface area (Å²) >= 11 is 0. The van der Waals surface area contributed by atoms with Crippen molar-refractivity contribution < 1.29 is 13.6 Å². The lowest BCUT2D eigenvalue weighted by Gasteiger charge is -2.25. The predicted octanol–water partition coefficient (Wildman–Crippen LogP) is 3.32. The Labute approximate surface area is 168 Å². The van der Waals surface area contributed by atoms with Crippen molar-refractivity contribution in [3.63, 3.8) is 0 Å². The Morgan fingerprint density at radius 3 is 2.52 bits per heavy atom. The average Bonchev–Trinajstić information content (AvgIpc) is 3.36. The summed E-state index contributed by atoms with van der Waals surface area (Å²) in [4.78, 5) is 17.0. The van der Waals surface area contributed by atoms with Crippen molar-refractivity contribution in [3.8, 4) is 5.69 Å². The lowest BCUT2D eigenvalue weighted by molar-refractivity contribution is 0.0782. The molecule has 4 rings (SSSR count). The van der Waals surface area contributed by atoms with Crippen LogP contribution in [0.1, 0.15) is 21.8 Å². The first kappa shape index (κ1) is 19.3. The van der Waals surface area contributed by atoms with E-state index in [2.05, 4.69) is 10.00 Å². The molecule has 1 aromatic heterocycles. The van der Waals surface area contributed by atoms with E-state index >= 15 is 0 Å². The third kappa shape index (κ3) is 3.91. The van der Waals surface area contributed by atoms with Gasteiger partial charge < -0.3 is 9.80 Å². The maximum absolute atomic E-state index is 13.5. The molecule has 7 heteroatoms. The minimum atomic E-state index is -0.360. The molecule has 29 heavy (non-hydrogen) atoms. The molecule has 2 unspecified atom stereocenters. The second kappa shape index (κ2) is 7.75. The van der Waals surface area contributed by atoms with Crippen molar-refractivity contribution in [2.75, 3.05) is 27.2 Å². The molecule has 150 valence electrons. The van der Waals surface area contributed by atoms with E-state index in [9.17, 15) is 13.6 Å². The highest BCUT2D eigenvalue weighted by atomic mass is 19.1. The summed E-state index contributed by atoms with van der Waals surface area (Å²) in [6, 6.07) is 12.7. The molecular weight excluding hydrogens is 374 g/mol. The van der Waals surface area contributed by atoms with Crippen molar-refractivity contribution >= 4 is 5.91 Å². The van der Waals surface area contributed by atoms with E-state index < -0.39 is 0 Å². The van der Waals surface area contributed by atoms with Gasteiger partial charge in [-0.1, -0.05) is 18.2 Å². The molecule has 0 radical (unpaired) electrons. The van der Waals surface area contributed by atoms with Gasteiger partial charge >= 0.3 is 0 Å². The van der Waals surface area contributed by atoms with Gasteiger partial charge in [-0.05, 0) is 50.0 Å². The summed E-state index contributed by atoms with van der Waals surface area (Å²) in [5.41, 5.74) is 2.02. The standard InChI is InChI=1S/C22H22F2N4O/c1-26(2)21-14-27(13-20(21)15-6-8-17(23)9-7-15)22(29)16-11-25-28(12-16)19-5-3-4-18(24)10-19/h3-12,20-21H,13-14H2,1-2H3. The van der Waals surface area contributed by atoms with Crippen LogP contribution >= 0.6 is 0 Å². The van der Waals surface area contributed by atoms with Crippen LogP contribution in [0.15, 0.2) is 60.9 Å². The van der Waals surface area contributed by atoms with Gasteiger partial charge in [-0.2, -0.15) is 5.10 Å². The van der Waals surface area contributed by atoms with Crippen LogP contribution in [0.25, 0.3) is 5.69 Å². The number of likely N-dealkylation sites (N-methyl/N-ethyl adjacent to an activating group) is 1. The van der Waals surface area contributed by atoms with Gasteiger partial charge in [0.2, 0.25) is 0 Å². The van der Waals surface area contributed by atoms with Crippen LogP contribution in [0.2, 0.25) is 0 Å². The van der Waals surface area contributed by atoms with Crippen molar-refractivity contribution in [3.05, 3.63) is 83.7 Å². The number of hydrogen-bond donors (Lipinski definition) is 0. The van der Waals surface area contributed by atoms with Crippen LogP contribution in [-0.2, 0) is 0 Å². The fourth-order valence-corrected chi connectivity index (χ4v) is 3.89. The van der Waals surface area contributed by atoms with Gasteiger partial charge in [0.15, 0.2) is 0 Å². The van der Waals surface area contributed by atoms with Gasteiger partial charge in [0.1, 0.15) is 11.6 Å². The van der Waals surface area contributed by atoms with E-state index in [1.54, 1.807) is 35.4 Å². The highest BCUT2D eigenvalue weighted by Gasteiger charge is 2.37. The Morgan fingerprint density at radius 1 is 1.07 bits per heavy atom. The molecule has 0 bridgehead atoms. The largest absolute Gasteiger partial charge is 0.336 e. The quantitative estimate of drug-likeness (QED) is 0.679. The van der Waals surface area contributed by atoms with Crippen molar-refractivity contribution in [2.45, 2.75) is 12.0 Å². The molecule has 2 heterocycles. The average molecular weight is 396 g/mol. The zero-order valence-corrected chi connectivity index (χ0v) is 16.3. The summed E-state index contributed by atoms with van der Waals surface area (Å²) in [7, 11) is 3.97. The van der Waals surface area contributed by atoms with Gasteiger partial charge in [-0.25, -0.2) is 13.5 Å². The second-order valence-corrected chi connectivity index (χ2v) is 7.55. The van der Waals surface area contributed by atoms with Crippen molar-refractivity contribution in [2.24, 2.45) is 0 Å².